The average molecular weight is 328 g/mol. The molecule has 0 aliphatic carbocycles. The molecule has 4 heteroatoms. The van der Waals surface area contributed by atoms with Gasteiger partial charge in [0.05, 0.1) is 24.4 Å². The third kappa shape index (κ3) is 3.20. The number of hydrogen-bond donors (Lipinski definition) is 1. The molecule has 1 fully saturated rings. The van der Waals surface area contributed by atoms with E-state index in [2.05, 4.69) is 0 Å². The van der Waals surface area contributed by atoms with Crippen molar-refractivity contribution in [1.82, 2.24) is 4.90 Å². The van der Waals surface area contributed by atoms with Crippen LogP contribution in [-0.4, -0.2) is 43.3 Å². The van der Waals surface area contributed by atoms with Gasteiger partial charge in [0.15, 0.2) is 11.5 Å². The fraction of sp³-hybridized carbons (Fsp3) is 0.684. The Morgan fingerprint density at radius 3 is 2.74 bits per heavy atom. The third-order valence-corrected chi connectivity index (χ3v) is 4.08. The summed E-state index contributed by atoms with van der Waals surface area (Å²) in [6.45, 7) is -2.05. The van der Waals surface area contributed by atoms with Gasteiger partial charge in [0.1, 0.15) is 0 Å². The molecule has 1 saturated heterocycles. The summed E-state index contributed by atoms with van der Waals surface area (Å²) >= 11 is 0. The van der Waals surface area contributed by atoms with Crippen molar-refractivity contribution in [3.05, 3.63) is 23.2 Å². The second-order valence-electron chi connectivity index (χ2n) is 6.22. The molecule has 0 radical (unpaired) electrons. The Balaban J connectivity index is 2.45. The molecule has 0 aromatic heterocycles. The van der Waals surface area contributed by atoms with Crippen LogP contribution in [0.1, 0.15) is 56.2 Å². The molecule has 1 aromatic carbocycles. The van der Waals surface area contributed by atoms with E-state index >= 15 is 0 Å². The van der Waals surface area contributed by atoms with Crippen LogP contribution in [0.15, 0.2) is 12.1 Å². The van der Waals surface area contributed by atoms with E-state index in [1.807, 2.05) is 13.8 Å². The predicted octanol–water partition coefficient (Wildman–Crippen LogP) is 3.03. The van der Waals surface area contributed by atoms with Crippen molar-refractivity contribution >= 4 is 0 Å². The van der Waals surface area contributed by atoms with Crippen LogP contribution in [0.5, 0.6) is 11.5 Å². The van der Waals surface area contributed by atoms with Crippen LogP contribution < -0.4 is 9.47 Å². The van der Waals surface area contributed by atoms with Crippen LogP contribution in [0.3, 0.4) is 0 Å². The number of nitrogens with zero attached hydrogens (tertiary/aromatic N) is 1. The molecule has 1 N–H and O–H groups in total. The molecule has 2 aliphatic rings. The molecule has 2 heterocycles. The molecule has 23 heavy (non-hydrogen) atoms. The summed E-state index contributed by atoms with van der Waals surface area (Å²) in [5, 5.41) is 10.9. The lowest BCUT2D eigenvalue weighted by atomic mass is 9.79. The van der Waals surface area contributed by atoms with Crippen molar-refractivity contribution in [2.45, 2.75) is 45.2 Å². The maximum absolute atomic E-state index is 10.9. The number of ether oxygens (including phenoxy) is 2. The number of piperidine rings is 1. The number of hydrogen-bond acceptors (Lipinski definition) is 4. The lowest BCUT2D eigenvalue weighted by molar-refractivity contribution is -0.0191. The molecule has 3 rings (SSSR count). The van der Waals surface area contributed by atoms with Crippen LogP contribution in [0.25, 0.3) is 0 Å². The minimum Gasteiger partial charge on any atom is -0.493 e. The van der Waals surface area contributed by atoms with Gasteiger partial charge < -0.3 is 14.6 Å². The molecule has 0 saturated carbocycles. The monoisotopic (exact) mass is 328 g/mol. The number of methoxy groups -OCH3 is 2. The summed E-state index contributed by atoms with van der Waals surface area (Å²) in [6, 6.07) is -3.44. The molecule has 4 nitrogen and oxygen atoms in total. The van der Waals surface area contributed by atoms with Crippen molar-refractivity contribution < 1.29 is 26.9 Å². The van der Waals surface area contributed by atoms with E-state index in [0.717, 1.165) is 0 Å². The van der Waals surface area contributed by atoms with Gasteiger partial charge in [-0.15, -0.1) is 0 Å². The zero-order valence-electron chi connectivity index (χ0n) is 22.9. The zero-order chi connectivity index (χ0) is 24.6. The third-order valence-electron chi connectivity index (χ3n) is 4.08. The molecule has 0 bridgehead atoms. The van der Waals surface area contributed by atoms with Gasteiger partial charge in [-0.3, -0.25) is 4.90 Å². The highest BCUT2D eigenvalue weighted by molar-refractivity contribution is 5.49. The number of rotatable bonds is 4. The standard InChI is InChI=1S/C19H29NO3/c1-12(2)7-14-11-20-6-5-13-8-18(22-3)19(23-4)9-15(13)16(20)10-17(14)21/h8-9,12,14,16-17,21H,5-7,10-11H2,1-4H3/i5D2,6D2,8D,9D,11D2,16D. The molecule has 3 unspecified atom stereocenters. The second kappa shape index (κ2) is 6.70. The maximum Gasteiger partial charge on any atom is 0.161 e. The van der Waals surface area contributed by atoms with Crippen LogP contribution in [0, 0.1) is 11.8 Å². The van der Waals surface area contributed by atoms with Crippen LogP contribution in [-0.2, 0) is 6.37 Å². The Bertz CT molecular complexity index is 924. The van der Waals surface area contributed by atoms with Crippen LogP contribution in [0.4, 0.5) is 0 Å². The van der Waals surface area contributed by atoms with E-state index in [4.69, 9.17) is 20.4 Å². The van der Waals surface area contributed by atoms with Gasteiger partial charge in [-0.2, -0.15) is 0 Å². The molecule has 1 aromatic rings. The van der Waals surface area contributed by atoms with Gasteiger partial charge >= 0.3 is 0 Å². The molecular weight excluding hydrogens is 290 g/mol. The van der Waals surface area contributed by atoms with E-state index in [1.54, 1.807) is 0 Å². The Morgan fingerprint density at radius 2 is 2.09 bits per heavy atom. The number of aliphatic hydroxyl groups is 1. The molecule has 128 valence electrons. The topological polar surface area (TPSA) is 41.9 Å². The number of benzene rings is 1. The summed E-state index contributed by atoms with van der Waals surface area (Å²) in [5.41, 5.74) is -0.965. The summed E-state index contributed by atoms with van der Waals surface area (Å²) in [4.78, 5) is 0.512. The fourth-order valence-electron chi connectivity index (χ4n) is 2.97. The Morgan fingerprint density at radius 1 is 1.39 bits per heavy atom. The zero-order valence-corrected chi connectivity index (χ0v) is 13.9. The highest BCUT2D eigenvalue weighted by Gasteiger charge is 2.38. The van der Waals surface area contributed by atoms with Gasteiger partial charge in [-0.1, -0.05) is 13.8 Å². The van der Waals surface area contributed by atoms with E-state index in [0.29, 0.717) is 4.90 Å². The lowest BCUT2D eigenvalue weighted by Gasteiger charge is -2.46. The molecule has 0 amide bonds. The first-order valence-corrected chi connectivity index (χ1v) is 7.76. The molecular formula is C19H29NO3. The van der Waals surface area contributed by atoms with Crippen LogP contribution in [0.2, 0.25) is 0 Å². The normalized spacial score (nSPS) is 43.0. The van der Waals surface area contributed by atoms with Gasteiger partial charge in [-0.25, -0.2) is 0 Å². The summed E-state index contributed by atoms with van der Waals surface area (Å²) in [7, 11) is 2.43. The Hall–Kier alpha value is -1.26. The molecule has 2 aliphatic heterocycles. The smallest absolute Gasteiger partial charge is 0.161 e. The molecule has 0 spiro atoms. The van der Waals surface area contributed by atoms with E-state index in [9.17, 15) is 6.48 Å². The lowest BCUT2D eigenvalue weighted by Crippen LogP contribution is -2.48. The fourth-order valence-corrected chi connectivity index (χ4v) is 2.97. The van der Waals surface area contributed by atoms with Crippen molar-refractivity contribution in [2.75, 3.05) is 27.2 Å². The molecule has 3 atom stereocenters. The first kappa shape index (κ1) is 8.72. The van der Waals surface area contributed by atoms with Crippen molar-refractivity contribution in [2.24, 2.45) is 11.8 Å². The first-order chi connectivity index (χ1) is 14.5. The van der Waals surface area contributed by atoms with Gasteiger partial charge in [-0.05, 0) is 54.3 Å². The van der Waals surface area contributed by atoms with Gasteiger partial charge in [0.25, 0.3) is 0 Å². The minimum atomic E-state index is -3.08. The largest absolute Gasteiger partial charge is 0.493 e. The van der Waals surface area contributed by atoms with Crippen molar-refractivity contribution in [3.8, 4) is 11.5 Å². The van der Waals surface area contributed by atoms with E-state index in [-0.39, 0.29) is 23.8 Å². The van der Waals surface area contributed by atoms with Gasteiger partial charge in [0, 0.05) is 27.2 Å². The first-order valence-electron chi connectivity index (χ1n) is 12.3. The Kier molecular flexibility index (Phi) is 2.54. The number of aliphatic hydroxyl groups excluding tert-OH is 1. The van der Waals surface area contributed by atoms with E-state index in [1.165, 1.54) is 14.2 Å². The SMILES string of the molecule is [2H]c1c(OC)c(OC)c([2H])c2c1C1([2H])CC(O)C(CC(C)C)C([2H])([2H])N1C([2H])([2H])C2([2H])[2H]. The average Bonchev–Trinajstić information content (AvgIpc) is 2.63. The highest BCUT2D eigenvalue weighted by Crippen LogP contribution is 2.43. The predicted molar refractivity (Wildman–Crippen MR) is 91.1 cm³/mol. The summed E-state index contributed by atoms with van der Waals surface area (Å²) in [5.74, 6) is -1.64. The number of fused-ring (bicyclic) bond motifs is 3. The van der Waals surface area contributed by atoms with Gasteiger partial charge in [0.2, 0.25) is 0 Å². The summed E-state index contributed by atoms with van der Waals surface area (Å²) < 4.78 is 88.8. The van der Waals surface area contributed by atoms with E-state index < -0.39 is 67.0 Å². The van der Waals surface area contributed by atoms with Crippen molar-refractivity contribution in [3.63, 3.8) is 0 Å². The minimum absolute atomic E-state index is 0.0430. The quantitative estimate of drug-likeness (QED) is 0.922. The second-order valence-corrected chi connectivity index (χ2v) is 6.22. The maximum atomic E-state index is 10.9. The van der Waals surface area contributed by atoms with Crippen LogP contribution >= 0.6 is 0 Å². The highest BCUT2D eigenvalue weighted by atomic mass is 16.5. The van der Waals surface area contributed by atoms with Crippen molar-refractivity contribution in [1.29, 1.82) is 0 Å². The Labute approximate surface area is 152 Å². The summed E-state index contributed by atoms with van der Waals surface area (Å²) in [6.07, 6.45) is -4.60.